The second-order valence-corrected chi connectivity index (χ2v) is 5.77. The summed E-state index contributed by atoms with van der Waals surface area (Å²) in [6.07, 6.45) is 20.6. The second-order valence-electron chi connectivity index (χ2n) is 5.77. The van der Waals surface area contributed by atoms with Crippen molar-refractivity contribution in [3.8, 4) is 0 Å². The summed E-state index contributed by atoms with van der Waals surface area (Å²) in [5.41, 5.74) is 0. The second kappa shape index (κ2) is 9.74. The minimum absolute atomic E-state index is 0.924. The summed E-state index contributed by atoms with van der Waals surface area (Å²) in [5, 5.41) is 0. The lowest BCUT2D eigenvalue weighted by molar-refractivity contribution is 0.410. The van der Waals surface area contributed by atoms with Crippen molar-refractivity contribution >= 4 is 0 Å². The highest BCUT2D eigenvalue weighted by atomic mass is 14.3. The van der Waals surface area contributed by atoms with Crippen molar-refractivity contribution in [3.63, 3.8) is 0 Å². The van der Waals surface area contributed by atoms with Crippen molar-refractivity contribution in [1.82, 2.24) is 0 Å². The van der Waals surface area contributed by atoms with Gasteiger partial charge in [0.25, 0.3) is 0 Å². The summed E-state index contributed by atoms with van der Waals surface area (Å²) >= 11 is 0. The Kier molecular flexibility index (Phi) is 8.48. The van der Waals surface area contributed by atoms with Crippen molar-refractivity contribution in [2.24, 2.45) is 11.8 Å². The van der Waals surface area contributed by atoms with Crippen LogP contribution in [0, 0.1) is 11.8 Å². The molecule has 2 atom stereocenters. The van der Waals surface area contributed by atoms with Gasteiger partial charge < -0.3 is 0 Å². The average Bonchev–Trinajstić information content (AvgIpc) is 2.78. The molecule has 1 rings (SSSR count). The number of hydrogen-bond donors (Lipinski definition) is 0. The van der Waals surface area contributed by atoms with Crippen molar-refractivity contribution in [1.29, 1.82) is 0 Å². The Morgan fingerprint density at radius 3 is 2.53 bits per heavy atom. The monoisotopic (exact) mass is 236 g/mol. The minimum Gasteiger partial charge on any atom is -0.0882 e. The van der Waals surface area contributed by atoms with Gasteiger partial charge in [0.15, 0.2) is 0 Å². The first-order valence-corrected chi connectivity index (χ1v) is 8.05. The van der Waals surface area contributed by atoms with Crippen LogP contribution in [0.2, 0.25) is 0 Å². The molecule has 17 heavy (non-hydrogen) atoms. The van der Waals surface area contributed by atoms with E-state index in [1.165, 1.54) is 70.6 Å². The fraction of sp³-hybridized carbons (Fsp3) is 0.882. The molecule has 1 aliphatic rings. The number of rotatable bonds is 9. The van der Waals surface area contributed by atoms with Gasteiger partial charge in [0.1, 0.15) is 0 Å². The molecule has 1 unspecified atom stereocenters. The molecule has 0 amide bonds. The standard InChI is InChI=1S/C17H32/c1-3-5-7-8-9-10-13-17-15-11-14-16(17)12-6-4-2/h10,13,16-17H,3-9,11-12,14-15H2,1-2H3/b13-10+/t16-,17?/m0/s1. The molecule has 0 bridgehead atoms. The largest absolute Gasteiger partial charge is 0.0882 e. The van der Waals surface area contributed by atoms with Crippen LogP contribution in [0.15, 0.2) is 12.2 Å². The Balaban J connectivity index is 2.13. The maximum absolute atomic E-state index is 2.55. The van der Waals surface area contributed by atoms with Crippen LogP contribution in [-0.2, 0) is 0 Å². The van der Waals surface area contributed by atoms with E-state index in [2.05, 4.69) is 26.0 Å². The fourth-order valence-corrected chi connectivity index (χ4v) is 3.10. The molecule has 0 saturated heterocycles. The van der Waals surface area contributed by atoms with Gasteiger partial charge in [-0.1, -0.05) is 64.5 Å². The first-order chi connectivity index (χ1) is 8.38. The molecular weight excluding hydrogens is 204 g/mol. The van der Waals surface area contributed by atoms with E-state index in [9.17, 15) is 0 Å². The molecule has 0 aliphatic heterocycles. The van der Waals surface area contributed by atoms with Crippen molar-refractivity contribution in [2.75, 3.05) is 0 Å². The summed E-state index contributed by atoms with van der Waals surface area (Å²) in [6, 6.07) is 0. The molecule has 0 N–H and O–H groups in total. The Hall–Kier alpha value is -0.260. The molecule has 0 spiro atoms. The van der Waals surface area contributed by atoms with Gasteiger partial charge in [0, 0.05) is 0 Å². The van der Waals surface area contributed by atoms with Gasteiger partial charge >= 0.3 is 0 Å². The molecular formula is C17H32. The van der Waals surface area contributed by atoms with E-state index in [0.717, 1.165) is 11.8 Å². The van der Waals surface area contributed by atoms with E-state index in [-0.39, 0.29) is 0 Å². The topological polar surface area (TPSA) is 0 Å². The number of unbranched alkanes of at least 4 members (excludes halogenated alkanes) is 5. The summed E-state index contributed by atoms with van der Waals surface area (Å²) in [4.78, 5) is 0. The third-order valence-corrected chi connectivity index (χ3v) is 4.25. The zero-order valence-corrected chi connectivity index (χ0v) is 12.1. The van der Waals surface area contributed by atoms with Crippen molar-refractivity contribution in [2.45, 2.75) is 84.5 Å². The molecule has 1 aliphatic carbocycles. The lowest BCUT2D eigenvalue weighted by Crippen LogP contribution is -2.04. The molecule has 100 valence electrons. The highest BCUT2D eigenvalue weighted by molar-refractivity contribution is 4.94. The normalized spacial score (nSPS) is 24.8. The molecule has 1 fully saturated rings. The third kappa shape index (κ3) is 6.29. The summed E-state index contributed by atoms with van der Waals surface area (Å²) in [7, 11) is 0. The molecule has 1 saturated carbocycles. The van der Waals surface area contributed by atoms with E-state index in [1.54, 1.807) is 0 Å². The smallest absolute Gasteiger partial charge is 0.0205 e. The fourth-order valence-electron chi connectivity index (χ4n) is 3.10. The third-order valence-electron chi connectivity index (χ3n) is 4.25. The van der Waals surface area contributed by atoms with Crippen LogP contribution < -0.4 is 0 Å². The minimum atomic E-state index is 0.924. The Bertz CT molecular complexity index is 192. The summed E-state index contributed by atoms with van der Waals surface area (Å²) < 4.78 is 0. The van der Waals surface area contributed by atoms with Gasteiger partial charge in [-0.3, -0.25) is 0 Å². The maximum atomic E-state index is 2.55. The van der Waals surface area contributed by atoms with Crippen molar-refractivity contribution in [3.05, 3.63) is 12.2 Å². The lowest BCUT2D eigenvalue weighted by Gasteiger charge is -2.15. The Morgan fingerprint density at radius 2 is 1.76 bits per heavy atom. The van der Waals surface area contributed by atoms with Gasteiger partial charge in [-0.15, -0.1) is 0 Å². The van der Waals surface area contributed by atoms with E-state index in [1.807, 2.05) is 0 Å². The van der Waals surface area contributed by atoms with Gasteiger partial charge in [-0.25, -0.2) is 0 Å². The predicted octanol–water partition coefficient (Wildman–Crippen LogP) is 6.12. The highest BCUT2D eigenvalue weighted by Crippen LogP contribution is 2.36. The first-order valence-electron chi connectivity index (χ1n) is 8.05. The predicted molar refractivity (Wildman–Crippen MR) is 78.3 cm³/mol. The zero-order chi connectivity index (χ0) is 12.3. The summed E-state index contributed by atoms with van der Waals surface area (Å²) in [5.74, 6) is 1.94. The van der Waals surface area contributed by atoms with Crippen LogP contribution in [0.1, 0.15) is 84.5 Å². The van der Waals surface area contributed by atoms with Gasteiger partial charge in [-0.2, -0.15) is 0 Å². The lowest BCUT2D eigenvalue weighted by atomic mass is 9.90. The van der Waals surface area contributed by atoms with Crippen LogP contribution in [0.25, 0.3) is 0 Å². The molecule has 0 aromatic heterocycles. The van der Waals surface area contributed by atoms with E-state index in [0.29, 0.717) is 0 Å². The van der Waals surface area contributed by atoms with Crippen LogP contribution in [0.5, 0.6) is 0 Å². The van der Waals surface area contributed by atoms with E-state index >= 15 is 0 Å². The number of hydrogen-bond acceptors (Lipinski definition) is 0. The van der Waals surface area contributed by atoms with E-state index < -0.39 is 0 Å². The molecule has 0 heteroatoms. The van der Waals surface area contributed by atoms with E-state index in [4.69, 9.17) is 0 Å². The van der Waals surface area contributed by atoms with Gasteiger partial charge in [0.2, 0.25) is 0 Å². The maximum Gasteiger partial charge on any atom is -0.0205 e. The molecule has 0 radical (unpaired) electrons. The van der Waals surface area contributed by atoms with Crippen LogP contribution in [0.3, 0.4) is 0 Å². The van der Waals surface area contributed by atoms with Crippen LogP contribution in [-0.4, -0.2) is 0 Å². The zero-order valence-electron chi connectivity index (χ0n) is 12.1. The van der Waals surface area contributed by atoms with Gasteiger partial charge in [-0.05, 0) is 43.9 Å². The quantitative estimate of drug-likeness (QED) is 0.334. The Morgan fingerprint density at radius 1 is 0.941 bits per heavy atom. The van der Waals surface area contributed by atoms with Crippen LogP contribution in [0.4, 0.5) is 0 Å². The Labute approximate surface area is 109 Å². The first kappa shape index (κ1) is 14.8. The molecule has 0 nitrogen and oxygen atoms in total. The SMILES string of the molecule is CCCCCC/C=C/C1CCC[C@@H]1CCCC. The highest BCUT2D eigenvalue weighted by Gasteiger charge is 2.23. The van der Waals surface area contributed by atoms with Crippen LogP contribution >= 0.6 is 0 Å². The van der Waals surface area contributed by atoms with Crippen molar-refractivity contribution < 1.29 is 0 Å². The average molecular weight is 236 g/mol. The molecule has 0 heterocycles. The molecule has 0 aromatic carbocycles. The number of allylic oxidation sites excluding steroid dienone is 2. The molecule has 0 aromatic rings. The van der Waals surface area contributed by atoms with Gasteiger partial charge in [0.05, 0.1) is 0 Å². The summed E-state index contributed by atoms with van der Waals surface area (Å²) in [6.45, 7) is 4.60.